The van der Waals surface area contributed by atoms with Gasteiger partial charge < -0.3 is 19.4 Å². The fourth-order valence-corrected chi connectivity index (χ4v) is 3.57. The van der Waals surface area contributed by atoms with E-state index in [9.17, 15) is 5.21 Å². The summed E-state index contributed by atoms with van der Waals surface area (Å²) in [5, 5.41) is 13.2. The Morgan fingerprint density at radius 1 is 1.00 bits per heavy atom. The third-order valence-corrected chi connectivity index (χ3v) is 5.25. The minimum Gasteiger partial charge on any atom is -0.497 e. The number of hydrogen-bond acceptors (Lipinski definition) is 5. The minimum atomic E-state index is 0.389. The van der Waals surface area contributed by atoms with E-state index in [1.165, 1.54) is 0 Å². The Labute approximate surface area is 193 Å². The van der Waals surface area contributed by atoms with Crippen molar-refractivity contribution in [1.82, 2.24) is 0 Å². The van der Waals surface area contributed by atoms with Crippen LogP contribution in [0.5, 0.6) is 11.5 Å². The van der Waals surface area contributed by atoms with Crippen molar-refractivity contribution in [3.8, 4) is 11.5 Å². The predicted octanol–water partition coefficient (Wildman–Crippen LogP) is 6.46. The molecule has 0 spiro atoms. The fourth-order valence-electron chi connectivity index (χ4n) is 3.57. The predicted molar refractivity (Wildman–Crippen MR) is 130 cm³/mol. The number of hydrogen-bond donors (Lipinski definition) is 1. The highest BCUT2D eigenvalue weighted by atomic mass is 16.5. The molecule has 0 radical (unpaired) electrons. The van der Waals surface area contributed by atoms with Gasteiger partial charge in [0.05, 0.1) is 7.11 Å². The Kier molecular flexibility index (Phi) is 6.90. The topological polar surface area (TPSA) is 60.3 Å². The maximum atomic E-state index is 9.73. The highest BCUT2D eigenvalue weighted by Crippen LogP contribution is 2.39. The van der Waals surface area contributed by atoms with Crippen LogP contribution in [0, 0.1) is 0 Å². The first-order chi connectivity index (χ1) is 16.2. The zero-order valence-corrected chi connectivity index (χ0v) is 18.4. The molecule has 5 nitrogen and oxygen atoms in total. The molecule has 0 aliphatic carbocycles. The van der Waals surface area contributed by atoms with Gasteiger partial charge in [-0.2, -0.15) is 0 Å². The van der Waals surface area contributed by atoms with Crippen LogP contribution in [0.1, 0.15) is 23.1 Å². The lowest BCUT2D eigenvalue weighted by Gasteiger charge is -2.27. The maximum Gasteiger partial charge on any atom is 0.187 e. The first-order valence-corrected chi connectivity index (χ1v) is 10.6. The van der Waals surface area contributed by atoms with Crippen molar-refractivity contribution < 1.29 is 19.4 Å². The molecule has 1 N–H and O–H groups in total. The van der Waals surface area contributed by atoms with Crippen molar-refractivity contribution in [1.29, 1.82) is 0 Å². The van der Waals surface area contributed by atoms with Gasteiger partial charge in [0.25, 0.3) is 0 Å². The van der Waals surface area contributed by atoms with Crippen LogP contribution in [-0.2, 0) is 11.3 Å². The molecule has 5 heteroatoms. The van der Waals surface area contributed by atoms with Gasteiger partial charge in [-0.25, -0.2) is 0 Å². The average Bonchev–Trinajstić information content (AvgIpc) is 2.85. The lowest BCUT2D eigenvalue weighted by Crippen LogP contribution is -2.24. The summed E-state index contributed by atoms with van der Waals surface area (Å²) in [6.45, 7) is 4.33. The number of ether oxygens (including phenoxy) is 3. The summed E-state index contributed by atoms with van der Waals surface area (Å²) in [7, 11) is 1.62. The molecule has 0 saturated carbocycles. The van der Waals surface area contributed by atoms with Gasteiger partial charge in [-0.1, -0.05) is 71.9 Å². The number of para-hydroxylation sites is 1. The molecular weight excluding hydrogens is 414 g/mol. The van der Waals surface area contributed by atoms with Crippen LogP contribution in [0.2, 0.25) is 0 Å². The molecule has 0 bridgehead atoms. The van der Waals surface area contributed by atoms with Crippen LogP contribution in [0.4, 0.5) is 0 Å². The van der Waals surface area contributed by atoms with Crippen molar-refractivity contribution in [2.24, 2.45) is 5.16 Å². The van der Waals surface area contributed by atoms with Crippen LogP contribution >= 0.6 is 0 Å². The molecule has 1 aliphatic rings. The van der Waals surface area contributed by atoms with E-state index in [2.05, 4.69) is 11.7 Å². The zero-order valence-electron chi connectivity index (χ0n) is 18.4. The molecule has 0 aromatic heterocycles. The molecule has 1 fully saturated rings. The molecule has 3 aromatic rings. The van der Waals surface area contributed by atoms with Gasteiger partial charge in [0.1, 0.15) is 18.1 Å². The lowest BCUT2D eigenvalue weighted by molar-refractivity contribution is 0.275. The normalized spacial score (nSPS) is 16.6. The average molecular weight is 440 g/mol. The van der Waals surface area contributed by atoms with Crippen molar-refractivity contribution in [2.75, 3.05) is 7.11 Å². The van der Waals surface area contributed by atoms with Gasteiger partial charge in [0.15, 0.2) is 17.2 Å². The highest BCUT2D eigenvalue weighted by Gasteiger charge is 2.33. The standard InChI is InChI=1S/C28H25NO4/c1-3-9-24(23-12-7-8-13-25(23)32-19-21-10-5-4-6-11-21)28-27(29-30)26(33-28)18-20-14-16-22(31-2)17-15-20/h3-8,10-18,30H,1,9,19H2,2H3/b26-18-,28-24+,29-27+. The summed E-state index contributed by atoms with van der Waals surface area (Å²) in [6, 6.07) is 25.3. The summed E-state index contributed by atoms with van der Waals surface area (Å²) in [4.78, 5) is 0. The van der Waals surface area contributed by atoms with Crippen LogP contribution in [0.15, 0.2) is 108 Å². The fraction of sp³-hybridized carbons (Fsp3) is 0.107. The van der Waals surface area contributed by atoms with Gasteiger partial charge in [-0.3, -0.25) is 0 Å². The van der Waals surface area contributed by atoms with Gasteiger partial charge in [-0.05, 0) is 41.8 Å². The zero-order chi connectivity index (χ0) is 23.0. The second-order valence-electron chi connectivity index (χ2n) is 7.40. The molecule has 1 aliphatic heterocycles. The Morgan fingerprint density at radius 2 is 1.73 bits per heavy atom. The first-order valence-electron chi connectivity index (χ1n) is 10.6. The summed E-state index contributed by atoms with van der Waals surface area (Å²) >= 11 is 0. The molecule has 1 saturated heterocycles. The quantitative estimate of drug-likeness (QED) is 0.248. The van der Waals surface area contributed by atoms with Crippen LogP contribution < -0.4 is 9.47 Å². The molecule has 33 heavy (non-hydrogen) atoms. The second kappa shape index (κ2) is 10.4. The highest BCUT2D eigenvalue weighted by molar-refractivity contribution is 6.21. The molecule has 166 valence electrons. The van der Waals surface area contributed by atoms with Gasteiger partial charge >= 0.3 is 0 Å². The molecule has 0 atom stereocenters. The van der Waals surface area contributed by atoms with E-state index in [-0.39, 0.29) is 0 Å². The van der Waals surface area contributed by atoms with Crippen molar-refractivity contribution >= 4 is 17.4 Å². The van der Waals surface area contributed by atoms with E-state index in [4.69, 9.17) is 14.2 Å². The minimum absolute atomic E-state index is 0.389. The maximum absolute atomic E-state index is 9.73. The second-order valence-corrected chi connectivity index (χ2v) is 7.40. The molecule has 3 aromatic carbocycles. The number of allylic oxidation sites excluding steroid dienone is 2. The molecule has 1 heterocycles. The number of methoxy groups -OCH3 is 1. The Bertz CT molecular complexity index is 1210. The van der Waals surface area contributed by atoms with Gasteiger partial charge in [0.2, 0.25) is 0 Å². The number of rotatable bonds is 8. The largest absolute Gasteiger partial charge is 0.497 e. The van der Waals surface area contributed by atoms with Crippen molar-refractivity contribution in [2.45, 2.75) is 13.0 Å². The van der Waals surface area contributed by atoms with E-state index >= 15 is 0 Å². The van der Waals surface area contributed by atoms with Crippen molar-refractivity contribution in [3.63, 3.8) is 0 Å². The molecule has 0 amide bonds. The summed E-state index contributed by atoms with van der Waals surface area (Å²) in [6.07, 6.45) is 4.14. The van der Waals surface area contributed by atoms with Gasteiger partial charge in [0, 0.05) is 11.1 Å². The third kappa shape index (κ3) is 4.99. The molecular formula is C28H25NO4. The smallest absolute Gasteiger partial charge is 0.187 e. The Morgan fingerprint density at radius 3 is 2.42 bits per heavy atom. The monoisotopic (exact) mass is 439 g/mol. The van der Waals surface area contributed by atoms with Gasteiger partial charge in [-0.15, -0.1) is 6.58 Å². The van der Waals surface area contributed by atoms with E-state index in [0.29, 0.717) is 30.3 Å². The first kappa shape index (κ1) is 22.0. The molecule has 4 rings (SSSR count). The summed E-state index contributed by atoms with van der Waals surface area (Å²) < 4.78 is 17.3. The Hall–Kier alpha value is -4.25. The van der Waals surface area contributed by atoms with Crippen LogP contribution in [0.25, 0.3) is 11.6 Å². The Balaban J connectivity index is 1.63. The summed E-state index contributed by atoms with van der Waals surface area (Å²) in [5.41, 5.74) is 4.08. The third-order valence-electron chi connectivity index (χ3n) is 5.25. The summed E-state index contributed by atoms with van der Waals surface area (Å²) in [5.74, 6) is 2.48. The van der Waals surface area contributed by atoms with Crippen LogP contribution in [0.3, 0.4) is 0 Å². The van der Waals surface area contributed by atoms with E-state index in [1.54, 1.807) is 13.2 Å². The number of nitrogens with zero attached hydrogens (tertiary/aromatic N) is 1. The lowest BCUT2D eigenvalue weighted by atomic mass is 9.95. The van der Waals surface area contributed by atoms with Crippen molar-refractivity contribution in [3.05, 3.63) is 120 Å². The van der Waals surface area contributed by atoms with E-state index in [1.807, 2.05) is 84.9 Å². The van der Waals surface area contributed by atoms with Crippen LogP contribution in [-0.4, -0.2) is 18.0 Å². The molecule has 0 unspecified atom stereocenters. The number of oxime groups is 1. The van der Waals surface area contributed by atoms with E-state index < -0.39 is 0 Å². The van der Waals surface area contributed by atoms with E-state index in [0.717, 1.165) is 33.8 Å². The number of benzene rings is 3. The SMILES string of the molecule is C=CC\C(=C1/OC(=C\c2ccc(OC)cc2)/C1=N\O)c1ccccc1OCc1ccccc1.